The lowest BCUT2D eigenvalue weighted by molar-refractivity contribution is -0.121. The van der Waals surface area contributed by atoms with Gasteiger partial charge in [0.05, 0.1) is 5.92 Å². The number of amides is 2. The molecule has 4 nitrogen and oxygen atoms in total. The molecule has 0 saturated heterocycles. The van der Waals surface area contributed by atoms with E-state index in [2.05, 4.69) is 10.6 Å². The van der Waals surface area contributed by atoms with Crippen LogP contribution in [0.2, 0.25) is 5.02 Å². The van der Waals surface area contributed by atoms with E-state index in [4.69, 9.17) is 11.6 Å². The zero-order valence-electron chi connectivity index (χ0n) is 15.3. The highest BCUT2D eigenvalue weighted by atomic mass is 35.5. The van der Waals surface area contributed by atoms with Gasteiger partial charge in [-0.3, -0.25) is 9.59 Å². The fourth-order valence-corrected chi connectivity index (χ4v) is 3.17. The molecule has 0 radical (unpaired) electrons. The Hall–Kier alpha value is -3.11. The molecule has 0 aliphatic rings. The van der Waals surface area contributed by atoms with Crippen molar-refractivity contribution < 1.29 is 9.59 Å². The molecule has 0 fully saturated rings. The normalized spacial score (nSPS) is 10.5. The summed E-state index contributed by atoms with van der Waals surface area (Å²) < 4.78 is 0. The summed E-state index contributed by atoms with van der Waals surface area (Å²) in [5.74, 6) is -0.722. The predicted molar refractivity (Wildman–Crippen MR) is 112 cm³/mol. The molecule has 0 aliphatic heterocycles. The molecule has 0 spiro atoms. The van der Waals surface area contributed by atoms with E-state index in [0.717, 1.165) is 11.1 Å². The van der Waals surface area contributed by atoms with Crippen LogP contribution in [-0.2, 0) is 4.79 Å². The van der Waals surface area contributed by atoms with E-state index in [1.807, 2.05) is 60.7 Å². The number of benzene rings is 3. The predicted octanol–water partition coefficient (Wildman–Crippen LogP) is 4.02. The monoisotopic (exact) mass is 392 g/mol. The molecule has 5 heteroatoms. The van der Waals surface area contributed by atoms with Gasteiger partial charge in [-0.05, 0) is 29.3 Å². The Morgan fingerprint density at radius 1 is 0.750 bits per heavy atom. The largest absolute Gasteiger partial charge is 0.354 e. The first kappa shape index (κ1) is 19.6. The highest BCUT2D eigenvalue weighted by Crippen LogP contribution is 2.24. The maximum Gasteiger partial charge on any atom is 0.251 e. The van der Waals surface area contributed by atoms with Gasteiger partial charge in [0.2, 0.25) is 5.91 Å². The van der Waals surface area contributed by atoms with Crippen LogP contribution < -0.4 is 10.6 Å². The third-order valence-electron chi connectivity index (χ3n) is 4.32. The summed E-state index contributed by atoms with van der Waals surface area (Å²) in [6.45, 7) is 0.661. The van der Waals surface area contributed by atoms with Gasteiger partial charge in [0.15, 0.2) is 0 Å². The molecule has 2 N–H and O–H groups in total. The first-order valence-electron chi connectivity index (χ1n) is 9.06. The van der Waals surface area contributed by atoms with E-state index in [1.165, 1.54) is 0 Å². The van der Waals surface area contributed by atoms with Crippen molar-refractivity contribution in [1.29, 1.82) is 0 Å². The fourth-order valence-electron chi connectivity index (χ4n) is 2.98. The van der Waals surface area contributed by atoms with Crippen molar-refractivity contribution in [2.75, 3.05) is 13.1 Å². The molecule has 0 saturated carbocycles. The summed E-state index contributed by atoms with van der Waals surface area (Å²) in [5.41, 5.74) is 2.34. The Morgan fingerprint density at radius 2 is 1.32 bits per heavy atom. The third kappa shape index (κ3) is 5.21. The molecule has 0 bridgehead atoms. The first-order valence-corrected chi connectivity index (χ1v) is 9.44. The Morgan fingerprint density at radius 3 is 1.89 bits per heavy atom. The van der Waals surface area contributed by atoms with Crippen LogP contribution in [0.3, 0.4) is 0 Å². The smallest absolute Gasteiger partial charge is 0.251 e. The van der Waals surface area contributed by atoms with Gasteiger partial charge in [-0.25, -0.2) is 0 Å². The minimum Gasteiger partial charge on any atom is -0.354 e. The Balaban J connectivity index is 1.59. The molecule has 3 aromatic rings. The van der Waals surface area contributed by atoms with Crippen LogP contribution in [0.5, 0.6) is 0 Å². The second kappa shape index (κ2) is 9.72. The standard InChI is InChI=1S/C23H21ClN2O2/c24-20-13-7-12-19(16-20)22(27)25-14-15-26-23(28)21(17-8-3-1-4-9-17)18-10-5-2-6-11-18/h1-13,16,21H,14-15H2,(H,25,27)(H,26,28). The minimum absolute atomic E-state index is 0.102. The van der Waals surface area contributed by atoms with E-state index in [-0.39, 0.29) is 11.8 Å². The molecule has 0 atom stereocenters. The summed E-state index contributed by atoms with van der Waals surface area (Å²) >= 11 is 5.91. The number of carbonyl (C=O) groups excluding carboxylic acids is 2. The van der Waals surface area contributed by atoms with Crippen LogP contribution in [0.4, 0.5) is 0 Å². The van der Waals surface area contributed by atoms with Crippen LogP contribution >= 0.6 is 11.6 Å². The molecule has 28 heavy (non-hydrogen) atoms. The highest BCUT2D eigenvalue weighted by Gasteiger charge is 2.22. The van der Waals surface area contributed by atoms with E-state index >= 15 is 0 Å². The van der Waals surface area contributed by atoms with Crippen molar-refractivity contribution >= 4 is 23.4 Å². The number of carbonyl (C=O) groups is 2. The maximum absolute atomic E-state index is 12.9. The number of hydrogen-bond acceptors (Lipinski definition) is 2. The lowest BCUT2D eigenvalue weighted by Crippen LogP contribution is -2.37. The third-order valence-corrected chi connectivity index (χ3v) is 4.56. The molecule has 142 valence electrons. The fraction of sp³-hybridized carbons (Fsp3) is 0.130. The highest BCUT2D eigenvalue weighted by molar-refractivity contribution is 6.30. The summed E-state index contributed by atoms with van der Waals surface area (Å²) in [5, 5.41) is 6.21. The zero-order chi connectivity index (χ0) is 19.8. The van der Waals surface area contributed by atoms with Crippen molar-refractivity contribution in [1.82, 2.24) is 10.6 Å². The number of hydrogen-bond donors (Lipinski definition) is 2. The van der Waals surface area contributed by atoms with Crippen LogP contribution in [0.1, 0.15) is 27.4 Å². The average Bonchev–Trinajstić information content (AvgIpc) is 2.73. The summed E-state index contributed by atoms with van der Waals surface area (Å²) in [6.07, 6.45) is 0. The number of nitrogens with one attached hydrogen (secondary N) is 2. The Labute approximate surface area is 169 Å². The summed E-state index contributed by atoms with van der Waals surface area (Å²) in [6, 6.07) is 26.0. The second-order valence-corrected chi connectivity index (χ2v) is 6.75. The van der Waals surface area contributed by atoms with Crippen molar-refractivity contribution in [2.45, 2.75) is 5.92 Å². The molecule has 3 aromatic carbocycles. The molecular weight excluding hydrogens is 372 g/mol. The maximum atomic E-state index is 12.9. The molecular formula is C23H21ClN2O2. The molecule has 0 unspecified atom stereocenters. The molecule has 0 aromatic heterocycles. The Kier molecular flexibility index (Phi) is 6.82. The van der Waals surface area contributed by atoms with E-state index in [0.29, 0.717) is 23.7 Å². The van der Waals surface area contributed by atoms with E-state index in [9.17, 15) is 9.59 Å². The number of rotatable bonds is 7. The second-order valence-electron chi connectivity index (χ2n) is 6.31. The van der Waals surface area contributed by atoms with Crippen molar-refractivity contribution in [3.05, 3.63) is 107 Å². The van der Waals surface area contributed by atoms with Gasteiger partial charge in [-0.1, -0.05) is 78.3 Å². The Bertz CT molecular complexity index is 890. The number of halogens is 1. The lowest BCUT2D eigenvalue weighted by Gasteiger charge is -2.18. The lowest BCUT2D eigenvalue weighted by atomic mass is 9.90. The van der Waals surface area contributed by atoms with Crippen molar-refractivity contribution in [2.24, 2.45) is 0 Å². The van der Waals surface area contributed by atoms with Gasteiger partial charge in [0.25, 0.3) is 5.91 Å². The van der Waals surface area contributed by atoms with E-state index in [1.54, 1.807) is 24.3 Å². The van der Waals surface area contributed by atoms with Crippen LogP contribution in [0.25, 0.3) is 0 Å². The molecule has 0 aliphatic carbocycles. The van der Waals surface area contributed by atoms with Gasteiger partial charge >= 0.3 is 0 Å². The first-order chi connectivity index (χ1) is 13.6. The van der Waals surface area contributed by atoms with Gasteiger partial charge in [0.1, 0.15) is 0 Å². The minimum atomic E-state index is -0.397. The SMILES string of the molecule is O=C(NCCNC(=O)C(c1ccccc1)c1ccccc1)c1cccc(Cl)c1. The van der Waals surface area contributed by atoms with Crippen LogP contribution in [0.15, 0.2) is 84.9 Å². The quantitative estimate of drug-likeness (QED) is 0.597. The van der Waals surface area contributed by atoms with Gasteiger partial charge in [-0.15, -0.1) is 0 Å². The van der Waals surface area contributed by atoms with Crippen molar-refractivity contribution in [3.8, 4) is 0 Å². The summed E-state index contributed by atoms with van der Waals surface area (Å²) in [7, 11) is 0. The van der Waals surface area contributed by atoms with Crippen LogP contribution in [-0.4, -0.2) is 24.9 Å². The summed E-state index contributed by atoms with van der Waals surface area (Å²) in [4.78, 5) is 25.0. The van der Waals surface area contributed by atoms with Gasteiger partial charge < -0.3 is 10.6 Å². The van der Waals surface area contributed by atoms with Crippen LogP contribution in [0, 0.1) is 0 Å². The molecule has 0 heterocycles. The van der Waals surface area contributed by atoms with Crippen molar-refractivity contribution in [3.63, 3.8) is 0 Å². The topological polar surface area (TPSA) is 58.2 Å². The average molecular weight is 393 g/mol. The van der Waals surface area contributed by atoms with Gasteiger partial charge in [-0.2, -0.15) is 0 Å². The van der Waals surface area contributed by atoms with E-state index < -0.39 is 5.92 Å². The molecule has 2 amide bonds. The van der Waals surface area contributed by atoms with Gasteiger partial charge in [0, 0.05) is 23.7 Å². The zero-order valence-corrected chi connectivity index (χ0v) is 16.0. The molecule has 3 rings (SSSR count).